The number of carboxylic acids is 1. The zero-order chi connectivity index (χ0) is 12.1. The van der Waals surface area contributed by atoms with E-state index in [9.17, 15) is 4.79 Å². The second-order valence-electron chi connectivity index (χ2n) is 3.75. The minimum Gasteiger partial charge on any atom is -0.481 e. The zero-order valence-corrected chi connectivity index (χ0v) is 10.6. The summed E-state index contributed by atoms with van der Waals surface area (Å²) in [5.74, 6) is -0.836. The number of carboxylic acid groups (broad SMARTS) is 1. The molecule has 1 atom stereocenters. The molecule has 0 amide bonds. The van der Waals surface area contributed by atoms with Crippen molar-refractivity contribution in [2.24, 2.45) is 0 Å². The van der Waals surface area contributed by atoms with Gasteiger partial charge in [0, 0.05) is 10.0 Å². The molecular formula is C12H14Cl2O2. The van der Waals surface area contributed by atoms with E-state index in [2.05, 4.69) is 0 Å². The van der Waals surface area contributed by atoms with Gasteiger partial charge in [0.15, 0.2) is 0 Å². The molecule has 0 aromatic heterocycles. The van der Waals surface area contributed by atoms with E-state index >= 15 is 0 Å². The van der Waals surface area contributed by atoms with E-state index in [0.717, 1.165) is 18.4 Å². The van der Waals surface area contributed by atoms with Crippen LogP contribution in [-0.2, 0) is 4.79 Å². The SMILES string of the molecule is CCCC(CC(=O)O)c1ccc(Cl)cc1Cl. The van der Waals surface area contributed by atoms with Gasteiger partial charge < -0.3 is 5.11 Å². The summed E-state index contributed by atoms with van der Waals surface area (Å²) in [6.07, 6.45) is 1.85. The Morgan fingerprint density at radius 2 is 2.12 bits per heavy atom. The number of carbonyl (C=O) groups is 1. The van der Waals surface area contributed by atoms with Crippen molar-refractivity contribution >= 4 is 29.2 Å². The monoisotopic (exact) mass is 260 g/mol. The van der Waals surface area contributed by atoms with E-state index in [4.69, 9.17) is 28.3 Å². The quantitative estimate of drug-likeness (QED) is 0.855. The van der Waals surface area contributed by atoms with Crippen LogP contribution in [0.3, 0.4) is 0 Å². The van der Waals surface area contributed by atoms with Crippen molar-refractivity contribution in [2.45, 2.75) is 32.1 Å². The summed E-state index contributed by atoms with van der Waals surface area (Å²) >= 11 is 11.9. The van der Waals surface area contributed by atoms with Gasteiger partial charge in [0.25, 0.3) is 0 Å². The first-order chi connectivity index (χ1) is 7.54. The predicted octanol–water partition coefficient (Wildman–Crippen LogP) is 4.35. The lowest BCUT2D eigenvalue weighted by Gasteiger charge is -2.16. The van der Waals surface area contributed by atoms with Crippen molar-refractivity contribution in [3.05, 3.63) is 33.8 Å². The third-order valence-electron chi connectivity index (χ3n) is 2.46. The fourth-order valence-corrected chi connectivity index (χ4v) is 2.32. The van der Waals surface area contributed by atoms with Crippen molar-refractivity contribution in [1.29, 1.82) is 0 Å². The number of hydrogen-bond donors (Lipinski definition) is 1. The molecule has 1 aromatic carbocycles. The van der Waals surface area contributed by atoms with Crippen LogP contribution in [0.15, 0.2) is 18.2 Å². The summed E-state index contributed by atoms with van der Waals surface area (Å²) < 4.78 is 0. The van der Waals surface area contributed by atoms with Gasteiger partial charge in [0.05, 0.1) is 6.42 Å². The fraction of sp³-hybridized carbons (Fsp3) is 0.417. The summed E-state index contributed by atoms with van der Waals surface area (Å²) in [6, 6.07) is 5.21. The van der Waals surface area contributed by atoms with Crippen molar-refractivity contribution in [1.82, 2.24) is 0 Å². The van der Waals surface area contributed by atoms with Crippen molar-refractivity contribution in [3.63, 3.8) is 0 Å². The Balaban J connectivity index is 2.95. The summed E-state index contributed by atoms with van der Waals surface area (Å²) in [6.45, 7) is 2.03. The highest BCUT2D eigenvalue weighted by Gasteiger charge is 2.17. The first-order valence-corrected chi connectivity index (χ1v) is 5.97. The maximum Gasteiger partial charge on any atom is 0.303 e. The summed E-state index contributed by atoms with van der Waals surface area (Å²) in [5, 5.41) is 9.97. The number of hydrogen-bond acceptors (Lipinski definition) is 1. The minimum absolute atomic E-state index is 0.0349. The molecule has 1 unspecified atom stereocenters. The van der Waals surface area contributed by atoms with E-state index < -0.39 is 5.97 Å². The Kier molecular flexibility index (Phi) is 5.10. The average molecular weight is 261 g/mol. The molecule has 0 saturated carbocycles. The van der Waals surface area contributed by atoms with Crippen LogP contribution in [-0.4, -0.2) is 11.1 Å². The molecule has 0 spiro atoms. The van der Waals surface area contributed by atoms with Crippen LogP contribution in [0.1, 0.15) is 37.7 Å². The first kappa shape index (κ1) is 13.3. The molecule has 0 aliphatic heterocycles. The Bertz CT molecular complexity index is 377. The highest BCUT2D eigenvalue weighted by atomic mass is 35.5. The van der Waals surface area contributed by atoms with Gasteiger partial charge in [-0.15, -0.1) is 0 Å². The second-order valence-corrected chi connectivity index (χ2v) is 4.59. The number of rotatable bonds is 5. The molecule has 0 radical (unpaired) electrons. The summed E-state index contributed by atoms with van der Waals surface area (Å²) in [4.78, 5) is 10.8. The lowest BCUT2D eigenvalue weighted by atomic mass is 9.91. The molecule has 16 heavy (non-hydrogen) atoms. The van der Waals surface area contributed by atoms with Gasteiger partial charge in [0.2, 0.25) is 0 Å². The topological polar surface area (TPSA) is 37.3 Å². The van der Waals surface area contributed by atoms with Crippen molar-refractivity contribution < 1.29 is 9.90 Å². The van der Waals surface area contributed by atoms with Crippen LogP contribution in [0.2, 0.25) is 10.0 Å². The van der Waals surface area contributed by atoms with Gasteiger partial charge in [-0.3, -0.25) is 4.79 Å². The molecule has 0 aliphatic carbocycles. The molecule has 4 heteroatoms. The van der Waals surface area contributed by atoms with Crippen LogP contribution in [0.5, 0.6) is 0 Å². The highest BCUT2D eigenvalue weighted by molar-refractivity contribution is 6.35. The molecule has 0 fully saturated rings. The molecule has 1 rings (SSSR count). The number of benzene rings is 1. The smallest absolute Gasteiger partial charge is 0.303 e. The molecule has 0 bridgehead atoms. The maximum atomic E-state index is 10.8. The van der Waals surface area contributed by atoms with Gasteiger partial charge in [-0.25, -0.2) is 0 Å². The fourth-order valence-electron chi connectivity index (χ4n) is 1.76. The van der Waals surface area contributed by atoms with Gasteiger partial charge in [0.1, 0.15) is 0 Å². The standard InChI is InChI=1S/C12H14Cl2O2/c1-2-3-8(6-12(15)16)10-5-4-9(13)7-11(10)14/h4-5,7-8H,2-3,6H2,1H3,(H,15,16). The van der Waals surface area contributed by atoms with E-state index in [1.807, 2.05) is 13.0 Å². The number of halogens is 2. The lowest BCUT2D eigenvalue weighted by Crippen LogP contribution is -2.06. The van der Waals surface area contributed by atoms with Crippen LogP contribution in [0.4, 0.5) is 0 Å². The third-order valence-corrected chi connectivity index (χ3v) is 3.02. The maximum absolute atomic E-state index is 10.8. The average Bonchev–Trinajstić information content (AvgIpc) is 2.16. The van der Waals surface area contributed by atoms with E-state index in [-0.39, 0.29) is 12.3 Å². The minimum atomic E-state index is -0.801. The third kappa shape index (κ3) is 3.69. The van der Waals surface area contributed by atoms with E-state index in [1.54, 1.807) is 12.1 Å². The summed E-state index contributed by atoms with van der Waals surface area (Å²) in [5.41, 5.74) is 0.871. The van der Waals surface area contributed by atoms with Gasteiger partial charge in [-0.1, -0.05) is 42.6 Å². The van der Waals surface area contributed by atoms with Crippen molar-refractivity contribution in [2.75, 3.05) is 0 Å². The second kappa shape index (κ2) is 6.12. The Morgan fingerprint density at radius 1 is 1.44 bits per heavy atom. The zero-order valence-electron chi connectivity index (χ0n) is 9.04. The van der Waals surface area contributed by atoms with Gasteiger partial charge >= 0.3 is 5.97 Å². The van der Waals surface area contributed by atoms with Gasteiger partial charge in [-0.2, -0.15) is 0 Å². The Labute approximate surface area is 105 Å². The largest absolute Gasteiger partial charge is 0.481 e. The van der Waals surface area contributed by atoms with E-state index in [0.29, 0.717) is 10.0 Å². The molecule has 0 heterocycles. The van der Waals surface area contributed by atoms with E-state index in [1.165, 1.54) is 0 Å². The number of aliphatic carboxylic acids is 1. The highest BCUT2D eigenvalue weighted by Crippen LogP contribution is 2.32. The summed E-state index contributed by atoms with van der Waals surface area (Å²) in [7, 11) is 0. The Morgan fingerprint density at radius 3 is 2.62 bits per heavy atom. The first-order valence-electron chi connectivity index (χ1n) is 5.21. The van der Waals surface area contributed by atoms with Crippen LogP contribution in [0, 0.1) is 0 Å². The molecule has 88 valence electrons. The Hall–Kier alpha value is -0.730. The lowest BCUT2D eigenvalue weighted by molar-refractivity contribution is -0.137. The predicted molar refractivity (Wildman–Crippen MR) is 66.4 cm³/mol. The molecule has 1 aromatic rings. The molecule has 2 nitrogen and oxygen atoms in total. The van der Waals surface area contributed by atoms with Crippen LogP contribution < -0.4 is 0 Å². The normalized spacial score (nSPS) is 12.4. The van der Waals surface area contributed by atoms with Crippen LogP contribution >= 0.6 is 23.2 Å². The molecule has 0 aliphatic rings. The van der Waals surface area contributed by atoms with Crippen LogP contribution in [0.25, 0.3) is 0 Å². The molecule has 1 N–H and O–H groups in total. The molecule has 0 saturated heterocycles. The van der Waals surface area contributed by atoms with Gasteiger partial charge in [-0.05, 0) is 30.0 Å². The molecular weight excluding hydrogens is 247 g/mol. The van der Waals surface area contributed by atoms with Crippen molar-refractivity contribution in [3.8, 4) is 0 Å².